The van der Waals surface area contributed by atoms with Crippen LogP contribution in [0.2, 0.25) is 0 Å². The van der Waals surface area contributed by atoms with E-state index in [9.17, 15) is 14.3 Å². The molecular formula is C15H11FO3. The first kappa shape index (κ1) is 11.9. The summed E-state index contributed by atoms with van der Waals surface area (Å²) < 4.78 is 18.5. The number of ether oxygens (including phenoxy) is 1. The highest BCUT2D eigenvalue weighted by Gasteiger charge is 2.36. The quantitative estimate of drug-likeness (QED) is 0.854. The van der Waals surface area contributed by atoms with Gasteiger partial charge in [0, 0.05) is 0 Å². The molecule has 0 aliphatic carbocycles. The lowest BCUT2D eigenvalue weighted by Gasteiger charge is -2.29. The van der Waals surface area contributed by atoms with Crippen molar-refractivity contribution in [2.45, 2.75) is 12.2 Å². The van der Waals surface area contributed by atoms with Crippen LogP contribution in [0.3, 0.4) is 0 Å². The minimum atomic E-state index is -1.28. The van der Waals surface area contributed by atoms with Crippen LogP contribution in [-0.4, -0.2) is 17.0 Å². The molecule has 0 amide bonds. The normalized spacial score (nSPS) is 21.7. The topological polar surface area (TPSA) is 46.5 Å². The fourth-order valence-electron chi connectivity index (χ4n) is 2.17. The minimum Gasteiger partial charge on any atom is -0.482 e. The molecule has 3 rings (SSSR count). The highest BCUT2D eigenvalue weighted by Crippen LogP contribution is 2.34. The Kier molecular flexibility index (Phi) is 2.80. The number of fused-ring (bicyclic) bond motifs is 1. The first-order chi connectivity index (χ1) is 9.16. The molecule has 2 atom stereocenters. The van der Waals surface area contributed by atoms with Gasteiger partial charge in [0.05, 0.1) is 5.56 Å². The summed E-state index contributed by atoms with van der Waals surface area (Å²) in [6.07, 6.45) is -2.08. The zero-order valence-electron chi connectivity index (χ0n) is 9.92. The molecule has 1 aliphatic heterocycles. The molecule has 0 spiro atoms. The molecule has 0 saturated heterocycles. The summed E-state index contributed by atoms with van der Waals surface area (Å²) in [7, 11) is 0. The Labute approximate surface area is 109 Å². The number of hydrogen-bond acceptors (Lipinski definition) is 3. The third-order valence-corrected chi connectivity index (χ3v) is 3.16. The van der Waals surface area contributed by atoms with E-state index in [0.29, 0.717) is 16.9 Å². The number of carbonyl (C=O) groups is 1. The van der Waals surface area contributed by atoms with Crippen molar-refractivity contribution in [2.75, 3.05) is 0 Å². The molecule has 1 aliphatic rings. The minimum absolute atomic E-state index is 0.369. The molecule has 0 bridgehead atoms. The molecule has 0 fully saturated rings. The molecule has 0 saturated carbocycles. The summed E-state index contributed by atoms with van der Waals surface area (Å²) in [5, 5.41) is 10.0. The van der Waals surface area contributed by atoms with Gasteiger partial charge in [0.2, 0.25) is 0 Å². The Hall–Kier alpha value is -2.20. The van der Waals surface area contributed by atoms with Gasteiger partial charge < -0.3 is 9.84 Å². The molecular weight excluding hydrogens is 247 g/mol. The van der Waals surface area contributed by atoms with Gasteiger partial charge in [0.25, 0.3) is 0 Å². The predicted molar refractivity (Wildman–Crippen MR) is 66.5 cm³/mol. The van der Waals surface area contributed by atoms with Crippen molar-refractivity contribution in [3.63, 3.8) is 0 Å². The van der Waals surface area contributed by atoms with E-state index in [1.165, 1.54) is 24.3 Å². The summed E-state index contributed by atoms with van der Waals surface area (Å²) in [6, 6.07) is 12.3. The molecule has 2 aromatic carbocycles. The summed E-state index contributed by atoms with van der Waals surface area (Å²) in [5.74, 6) is -0.316. The third-order valence-electron chi connectivity index (χ3n) is 3.16. The largest absolute Gasteiger partial charge is 0.482 e. The fourth-order valence-corrected chi connectivity index (χ4v) is 2.17. The Morgan fingerprint density at radius 3 is 2.47 bits per heavy atom. The van der Waals surface area contributed by atoms with Gasteiger partial charge in [0.15, 0.2) is 18.0 Å². The number of aliphatic hydroxyl groups is 1. The van der Waals surface area contributed by atoms with Gasteiger partial charge in [0.1, 0.15) is 11.6 Å². The van der Waals surface area contributed by atoms with Crippen LogP contribution >= 0.6 is 0 Å². The van der Waals surface area contributed by atoms with Gasteiger partial charge in [-0.3, -0.25) is 4.79 Å². The first-order valence-corrected chi connectivity index (χ1v) is 5.90. The summed E-state index contributed by atoms with van der Waals surface area (Å²) in [6.45, 7) is 0. The lowest BCUT2D eigenvalue weighted by molar-refractivity contribution is 0.0216. The maximum Gasteiger partial charge on any atom is 0.199 e. The SMILES string of the molecule is O=C1c2ccccc2OC(c2ccc(F)cc2)C1O. The smallest absolute Gasteiger partial charge is 0.199 e. The van der Waals surface area contributed by atoms with Crippen LogP contribution in [0, 0.1) is 5.82 Å². The number of Topliss-reactive ketones (excluding diaryl/α,β-unsaturated/α-hetero) is 1. The van der Waals surface area contributed by atoms with Gasteiger partial charge in [-0.2, -0.15) is 0 Å². The van der Waals surface area contributed by atoms with E-state index in [4.69, 9.17) is 4.74 Å². The Balaban J connectivity index is 2.01. The number of ketones is 1. The Bertz CT molecular complexity index is 622. The number of benzene rings is 2. The molecule has 2 unspecified atom stereocenters. The van der Waals surface area contributed by atoms with E-state index in [1.54, 1.807) is 24.3 Å². The fraction of sp³-hybridized carbons (Fsp3) is 0.133. The van der Waals surface area contributed by atoms with Crippen molar-refractivity contribution in [2.24, 2.45) is 0 Å². The predicted octanol–water partition coefficient (Wildman–Crippen LogP) is 2.50. The molecule has 1 heterocycles. The van der Waals surface area contributed by atoms with Gasteiger partial charge in [-0.05, 0) is 29.8 Å². The van der Waals surface area contributed by atoms with Crippen molar-refractivity contribution in [3.05, 3.63) is 65.5 Å². The second-order valence-corrected chi connectivity index (χ2v) is 4.40. The molecule has 1 N–H and O–H groups in total. The molecule has 3 nitrogen and oxygen atoms in total. The Morgan fingerprint density at radius 1 is 1.05 bits per heavy atom. The van der Waals surface area contributed by atoms with E-state index >= 15 is 0 Å². The standard InChI is InChI=1S/C15H11FO3/c16-10-7-5-9(6-8-10)15-14(18)13(17)11-3-1-2-4-12(11)19-15/h1-8,14-15,18H. The second-order valence-electron chi connectivity index (χ2n) is 4.40. The van der Waals surface area contributed by atoms with Crippen LogP contribution in [-0.2, 0) is 0 Å². The van der Waals surface area contributed by atoms with Gasteiger partial charge in [-0.15, -0.1) is 0 Å². The van der Waals surface area contributed by atoms with Gasteiger partial charge in [-0.1, -0.05) is 24.3 Å². The van der Waals surface area contributed by atoms with Crippen molar-refractivity contribution in [1.82, 2.24) is 0 Å². The lowest BCUT2D eigenvalue weighted by atomic mass is 9.94. The molecule has 0 radical (unpaired) electrons. The second kappa shape index (κ2) is 4.48. The molecule has 4 heteroatoms. The summed E-state index contributed by atoms with van der Waals surface area (Å²) >= 11 is 0. The van der Waals surface area contributed by atoms with E-state index in [1.807, 2.05) is 0 Å². The zero-order valence-corrected chi connectivity index (χ0v) is 9.92. The van der Waals surface area contributed by atoms with Crippen LogP contribution < -0.4 is 4.74 Å². The maximum absolute atomic E-state index is 12.9. The van der Waals surface area contributed by atoms with E-state index < -0.39 is 12.2 Å². The van der Waals surface area contributed by atoms with Crippen molar-refractivity contribution in [1.29, 1.82) is 0 Å². The van der Waals surface area contributed by atoms with Gasteiger partial charge in [-0.25, -0.2) is 4.39 Å². The lowest BCUT2D eigenvalue weighted by Crippen LogP contribution is -2.36. The molecule has 96 valence electrons. The van der Waals surface area contributed by atoms with Gasteiger partial charge >= 0.3 is 0 Å². The Morgan fingerprint density at radius 2 is 1.74 bits per heavy atom. The maximum atomic E-state index is 12.9. The highest BCUT2D eigenvalue weighted by atomic mass is 19.1. The third kappa shape index (κ3) is 2.00. The van der Waals surface area contributed by atoms with E-state index in [2.05, 4.69) is 0 Å². The number of hydrogen-bond donors (Lipinski definition) is 1. The van der Waals surface area contributed by atoms with Crippen molar-refractivity contribution < 1.29 is 19.0 Å². The van der Waals surface area contributed by atoms with Crippen LogP contribution in [0.1, 0.15) is 22.0 Å². The molecule has 19 heavy (non-hydrogen) atoms. The van der Waals surface area contributed by atoms with Crippen LogP contribution in [0.4, 0.5) is 4.39 Å². The van der Waals surface area contributed by atoms with Crippen molar-refractivity contribution >= 4 is 5.78 Å². The van der Waals surface area contributed by atoms with E-state index in [0.717, 1.165) is 0 Å². The number of aliphatic hydroxyl groups excluding tert-OH is 1. The summed E-state index contributed by atoms with van der Waals surface area (Å²) in [4.78, 5) is 12.1. The van der Waals surface area contributed by atoms with Crippen LogP contribution in [0.5, 0.6) is 5.75 Å². The number of carbonyl (C=O) groups excluding carboxylic acids is 1. The number of rotatable bonds is 1. The number of para-hydroxylation sites is 1. The zero-order chi connectivity index (χ0) is 13.4. The average Bonchev–Trinajstić information content (AvgIpc) is 2.44. The summed E-state index contributed by atoms with van der Waals surface area (Å²) in [5.41, 5.74) is 0.935. The number of halogens is 1. The monoisotopic (exact) mass is 258 g/mol. The molecule has 2 aromatic rings. The van der Waals surface area contributed by atoms with Crippen LogP contribution in [0.15, 0.2) is 48.5 Å². The van der Waals surface area contributed by atoms with E-state index in [-0.39, 0.29) is 11.6 Å². The first-order valence-electron chi connectivity index (χ1n) is 5.90. The average molecular weight is 258 g/mol. The van der Waals surface area contributed by atoms with Crippen LogP contribution in [0.25, 0.3) is 0 Å². The van der Waals surface area contributed by atoms with Crippen molar-refractivity contribution in [3.8, 4) is 5.75 Å². The molecule has 0 aromatic heterocycles. The highest BCUT2D eigenvalue weighted by molar-refractivity contribution is 6.03.